The van der Waals surface area contributed by atoms with E-state index >= 15 is 0 Å². The molecular formula is C8H10F5NO3. The molecular weight excluding hydrogens is 253 g/mol. The van der Waals surface area contributed by atoms with Crippen LogP contribution in [0.4, 0.5) is 22.0 Å². The van der Waals surface area contributed by atoms with E-state index in [1.165, 1.54) is 0 Å². The highest BCUT2D eigenvalue weighted by Gasteiger charge is 2.41. The Kier molecular flexibility index (Phi) is 4.84. The standard InChI is InChI=1S/C8H10F5NO3/c1-7(9,10)3-2-4(5(15)16)14-6(17)8(11,12)13/h4H,2-3H2,1H3,(H,14,17)(H,15,16). The van der Waals surface area contributed by atoms with Gasteiger partial charge in [0.25, 0.3) is 0 Å². The first-order valence-corrected chi connectivity index (χ1v) is 4.42. The van der Waals surface area contributed by atoms with Gasteiger partial charge < -0.3 is 10.4 Å². The van der Waals surface area contributed by atoms with E-state index in [1.54, 1.807) is 0 Å². The summed E-state index contributed by atoms with van der Waals surface area (Å²) in [6.45, 7) is 0.498. The summed E-state index contributed by atoms with van der Waals surface area (Å²) in [7, 11) is 0. The second-order valence-electron chi connectivity index (χ2n) is 3.47. The Hall–Kier alpha value is -1.41. The summed E-state index contributed by atoms with van der Waals surface area (Å²) in [5.74, 6) is -7.48. The fourth-order valence-corrected chi connectivity index (χ4v) is 0.895. The predicted octanol–water partition coefficient (Wildman–Crippen LogP) is 1.55. The number of carboxylic acids is 1. The second kappa shape index (κ2) is 5.28. The Morgan fingerprint density at radius 3 is 2.00 bits per heavy atom. The van der Waals surface area contributed by atoms with E-state index in [1.807, 2.05) is 0 Å². The molecule has 0 saturated heterocycles. The van der Waals surface area contributed by atoms with Gasteiger partial charge in [-0.2, -0.15) is 13.2 Å². The van der Waals surface area contributed by atoms with Gasteiger partial charge in [-0.1, -0.05) is 0 Å². The molecule has 2 N–H and O–H groups in total. The van der Waals surface area contributed by atoms with Crippen molar-refractivity contribution in [3.63, 3.8) is 0 Å². The van der Waals surface area contributed by atoms with E-state index in [0.29, 0.717) is 6.92 Å². The van der Waals surface area contributed by atoms with Crippen molar-refractivity contribution in [1.82, 2.24) is 5.32 Å². The highest BCUT2D eigenvalue weighted by molar-refractivity contribution is 5.86. The largest absolute Gasteiger partial charge is 0.480 e. The molecule has 1 unspecified atom stereocenters. The molecule has 0 rings (SSSR count). The zero-order chi connectivity index (χ0) is 13.9. The number of hydrogen-bond acceptors (Lipinski definition) is 2. The summed E-state index contributed by atoms with van der Waals surface area (Å²) in [5, 5.41) is 9.59. The van der Waals surface area contributed by atoms with Crippen molar-refractivity contribution in [2.45, 2.75) is 37.9 Å². The molecule has 0 aliphatic carbocycles. The van der Waals surface area contributed by atoms with E-state index in [0.717, 1.165) is 5.32 Å². The van der Waals surface area contributed by atoms with Gasteiger partial charge in [0, 0.05) is 6.42 Å². The minimum Gasteiger partial charge on any atom is -0.480 e. The third-order valence-corrected chi connectivity index (χ3v) is 1.73. The zero-order valence-electron chi connectivity index (χ0n) is 8.65. The van der Waals surface area contributed by atoms with Crippen LogP contribution in [0.5, 0.6) is 0 Å². The summed E-state index contributed by atoms with van der Waals surface area (Å²) >= 11 is 0. The number of rotatable bonds is 5. The van der Waals surface area contributed by atoms with Crippen LogP contribution in [-0.4, -0.2) is 35.1 Å². The molecule has 1 amide bonds. The molecule has 0 saturated carbocycles. The molecule has 100 valence electrons. The van der Waals surface area contributed by atoms with E-state index in [4.69, 9.17) is 5.11 Å². The van der Waals surface area contributed by atoms with E-state index in [9.17, 15) is 31.5 Å². The number of alkyl halides is 5. The van der Waals surface area contributed by atoms with Crippen molar-refractivity contribution in [1.29, 1.82) is 0 Å². The van der Waals surface area contributed by atoms with Crippen LogP contribution < -0.4 is 5.32 Å². The van der Waals surface area contributed by atoms with E-state index in [-0.39, 0.29) is 0 Å². The molecule has 0 aliphatic heterocycles. The number of halogens is 5. The molecule has 0 fully saturated rings. The molecule has 4 nitrogen and oxygen atoms in total. The molecule has 17 heavy (non-hydrogen) atoms. The lowest BCUT2D eigenvalue weighted by Gasteiger charge is -2.17. The lowest BCUT2D eigenvalue weighted by Crippen LogP contribution is -2.47. The maximum atomic E-state index is 12.4. The number of aliphatic carboxylic acids is 1. The van der Waals surface area contributed by atoms with Gasteiger partial charge in [0.1, 0.15) is 6.04 Å². The lowest BCUT2D eigenvalue weighted by molar-refractivity contribution is -0.175. The van der Waals surface area contributed by atoms with Crippen molar-refractivity contribution in [3.05, 3.63) is 0 Å². The summed E-state index contributed by atoms with van der Waals surface area (Å²) in [6, 6.07) is -1.99. The topological polar surface area (TPSA) is 66.4 Å². The first kappa shape index (κ1) is 15.6. The number of hydrogen-bond donors (Lipinski definition) is 2. The van der Waals surface area contributed by atoms with Crippen molar-refractivity contribution in [2.24, 2.45) is 0 Å². The molecule has 0 spiro atoms. The van der Waals surface area contributed by atoms with Crippen molar-refractivity contribution in [3.8, 4) is 0 Å². The normalized spacial score (nSPS) is 14.2. The summed E-state index contributed by atoms with van der Waals surface area (Å²) < 4.78 is 60.2. The van der Waals surface area contributed by atoms with Gasteiger partial charge in [-0.25, -0.2) is 13.6 Å². The van der Waals surface area contributed by atoms with Crippen LogP contribution in [0, 0.1) is 0 Å². The average Bonchev–Trinajstić information content (AvgIpc) is 2.07. The molecule has 0 aromatic rings. The Morgan fingerprint density at radius 1 is 1.24 bits per heavy atom. The lowest BCUT2D eigenvalue weighted by atomic mass is 10.1. The molecule has 0 heterocycles. The van der Waals surface area contributed by atoms with Crippen molar-refractivity contribution < 1.29 is 36.6 Å². The fourth-order valence-electron chi connectivity index (χ4n) is 0.895. The van der Waals surface area contributed by atoms with Crippen LogP contribution in [0.3, 0.4) is 0 Å². The molecule has 0 radical (unpaired) electrons. The Bertz CT molecular complexity index is 297. The highest BCUT2D eigenvalue weighted by Crippen LogP contribution is 2.21. The number of carbonyl (C=O) groups is 2. The summed E-state index contributed by atoms with van der Waals surface area (Å²) in [5.41, 5.74) is 0. The number of amides is 1. The fraction of sp³-hybridized carbons (Fsp3) is 0.750. The Balaban J connectivity index is 4.47. The monoisotopic (exact) mass is 263 g/mol. The molecule has 0 aliphatic rings. The van der Waals surface area contributed by atoms with Gasteiger partial charge in [0.2, 0.25) is 5.92 Å². The molecule has 0 aromatic heterocycles. The Labute approximate surface area is 92.8 Å². The minimum absolute atomic E-state index is 0.498. The smallest absolute Gasteiger partial charge is 0.471 e. The van der Waals surface area contributed by atoms with Crippen LogP contribution >= 0.6 is 0 Å². The van der Waals surface area contributed by atoms with Crippen LogP contribution in [-0.2, 0) is 9.59 Å². The zero-order valence-corrected chi connectivity index (χ0v) is 8.65. The SMILES string of the molecule is CC(F)(F)CCC(NC(=O)C(F)(F)F)C(=O)O. The van der Waals surface area contributed by atoms with Crippen LogP contribution in [0.1, 0.15) is 19.8 Å². The van der Waals surface area contributed by atoms with Crippen LogP contribution in [0.2, 0.25) is 0 Å². The average molecular weight is 263 g/mol. The molecule has 1 atom stereocenters. The highest BCUT2D eigenvalue weighted by atomic mass is 19.4. The van der Waals surface area contributed by atoms with Crippen molar-refractivity contribution in [2.75, 3.05) is 0 Å². The van der Waals surface area contributed by atoms with E-state index in [2.05, 4.69) is 0 Å². The second-order valence-corrected chi connectivity index (χ2v) is 3.47. The van der Waals surface area contributed by atoms with Gasteiger partial charge in [-0.15, -0.1) is 0 Å². The molecule has 0 aromatic carbocycles. The maximum absolute atomic E-state index is 12.4. The predicted molar refractivity (Wildman–Crippen MR) is 45.5 cm³/mol. The first-order valence-electron chi connectivity index (χ1n) is 4.42. The van der Waals surface area contributed by atoms with E-state index < -0.39 is 42.9 Å². The first-order chi connectivity index (χ1) is 7.43. The van der Waals surface area contributed by atoms with Gasteiger partial charge in [-0.3, -0.25) is 4.79 Å². The third-order valence-electron chi connectivity index (χ3n) is 1.73. The van der Waals surface area contributed by atoms with Gasteiger partial charge >= 0.3 is 18.1 Å². The summed E-state index contributed by atoms with van der Waals surface area (Å²) in [6.07, 6.45) is -6.98. The van der Waals surface area contributed by atoms with Crippen LogP contribution in [0.25, 0.3) is 0 Å². The number of carboxylic acid groups (broad SMARTS) is 1. The molecule has 0 bridgehead atoms. The maximum Gasteiger partial charge on any atom is 0.471 e. The molecule has 9 heteroatoms. The minimum atomic E-state index is -5.25. The van der Waals surface area contributed by atoms with Gasteiger partial charge in [0.15, 0.2) is 0 Å². The van der Waals surface area contributed by atoms with Crippen molar-refractivity contribution >= 4 is 11.9 Å². The third kappa shape index (κ3) is 6.69. The summed E-state index contributed by atoms with van der Waals surface area (Å²) in [4.78, 5) is 20.9. The van der Waals surface area contributed by atoms with Gasteiger partial charge in [0.05, 0.1) is 0 Å². The van der Waals surface area contributed by atoms with Crippen LogP contribution in [0.15, 0.2) is 0 Å². The Morgan fingerprint density at radius 2 is 1.71 bits per heavy atom. The number of carbonyl (C=O) groups excluding carboxylic acids is 1. The van der Waals surface area contributed by atoms with Gasteiger partial charge in [-0.05, 0) is 13.3 Å². The number of nitrogens with one attached hydrogen (secondary N) is 1. The quantitative estimate of drug-likeness (QED) is 0.739.